The molecule has 4 heterocycles. The van der Waals surface area contributed by atoms with E-state index < -0.39 is 0 Å². The zero-order valence-corrected chi connectivity index (χ0v) is 15.0. The first-order chi connectivity index (χ1) is 11.5. The molecule has 0 aliphatic carbocycles. The Kier molecular flexibility index (Phi) is 3.77. The molecule has 24 heavy (non-hydrogen) atoms. The second-order valence-electron chi connectivity index (χ2n) is 7.06. The average Bonchev–Trinajstić information content (AvgIpc) is 3.23. The number of hydrogen-bond acceptors (Lipinski definition) is 6. The quantitative estimate of drug-likeness (QED) is 0.716. The van der Waals surface area contributed by atoms with Crippen molar-refractivity contribution in [2.75, 3.05) is 24.6 Å². The molecule has 0 bridgehead atoms. The lowest BCUT2D eigenvalue weighted by Gasteiger charge is -2.33. The number of nitrogens with zero attached hydrogens (tertiary/aromatic N) is 5. The van der Waals surface area contributed by atoms with Gasteiger partial charge in [0.05, 0.1) is 13.2 Å². The van der Waals surface area contributed by atoms with Crippen LogP contribution in [0.5, 0.6) is 0 Å². The Morgan fingerprint density at radius 1 is 1.21 bits per heavy atom. The first kappa shape index (κ1) is 15.5. The predicted octanol–water partition coefficient (Wildman–Crippen LogP) is 3.06. The van der Waals surface area contributed by atoms with E-state index in [-0.39, 0.29) is 11.5 Å². The van der Waals surface area contributed by atoms with E-state index in [1.54, 1.807) is 11.3 Å². The molecule has 6 nitrogen and oxygen atoms in total. The number of thiophene rings is 1. The Morgan fingerprint density at radius 3 is 2.83 bits per heavy atom. The molecule has 3 aromatic heterocycles. The van der Waals surface area contributed by atoms with E-state index in [0.29, 0.717) is 6.61 Å². The topological polar surface area (TPSA) is 55.5 Å². The van der Waals surface area contributed by atoms with Crippen LogP contribution in [0.25, 0.3) is 5.65 Å². The van der Waals surface area contributed by atoms with Gasteiger partial charge in [0.25, 0.3) is 0 Å². The van der Waals surface area contributed by atoms with Gasteiger partial charge in [0.1, 0.15) is 11.9 Å². The second-order valence-corrected chi connectivity index (χ2v) is 8.04. The third-order valence-corrected chi connectivity index (χ3v) is 5.13. The first-order valence-electron chi connectivity index (χ1n) is 8.15. The highest BCUT2D eigenvalue weighted by atomic mass is 32.1. The Hall–Kier alpha value is -1.99. The van der Waals surface area contributed by atoms with Crippen LogP contribution in [0.4, 0.5) is 5.82 Å². The predicted molar refractivity (Wildman–Crippen MR) is 94.7 cm³/mol. The van der Waals surface area contributed by atoms with Crippen LogP contribution >= 0.6 is 11.3 Å². The molecular weight excluding hydrogens is 322 g/mol. The maximum Gasteiger partial charge on any atom is 0.178 e. The fourth-order valence-corrected chi connectivity index (χ4v) is 3.69. The summed E-state index contributed by atoms with van der Waals surface area (Å²) in [5.74, 6) is 1.82. The standard InChI is InChI=1S/C17H21N5OS/c1-17(2,3)16-19-18-14-6-7-15(20-22(14)16)21-8-9-23-12(11-21)13-5-4-10-24-13/h4-7,10,12H,8-9,11H2,1-3H3/t12-/m1/s1. The molecule has 1 fully saturated rings. The first-order valence-corrected chi connectivity index (χ1v) is 9.03. The van der Waals surface area contributed by atoms with Crippen molar-refractivity contribution in [2.45, 2.75) is 32.3 Å². The fourth-order valence-electron chi connectivity index (χ4n) is 2.92. The molecule has 1 atom stereocenters. The van der Waals surface area contributed by atoms with E-state index in [9.17, 15) is 0 Å². The minimum atomic E-state index is -0.102. The Morgan fingerprint density at radius 2 is 2.08 bits per heavy atom. The number of aromatic nitrogens is 4. The van der Waals surface area contributed by atoms with E-state index in [4.69, 9.17) is 9.84 Å². The van der Waals surface area contributed by atoms with Gasteiger partial charge >= 0.3 is 0 Å². The SMILES string of the molecule is CC(C)(C)c1nnc2ccc(N3CCO[C@@H](c4cccs4)C3)nn12. The molecule has 0 aromatic carbocycles. The molecule has 1 aliphatic rings. The number of rotatable bonds is 2. The molecule has 0 radical (unpaired) electrons. The average molecular weight is 343 g/mol. The smallest absolute Gasteiger partial charge is 0.178 e. The van der Waals surface area contributed by atoms with E-state index >= 15 is 0 Å². The van der Waals surface area contributed by atoms with Crippen molar-refractivity contribution in [3.05, 3.63) is 40.3 Å². The van der Waals surface area contributed by atoms with Crippen molar-refractivity contribution in [2.24, 2.45) is 0 Å². The summed E-state index contributed by atoms with van der Waals surface area (Å²) in [5, 5.41) is 15.5. The fraction of sp³-hybridized carbons (Fsp3) is 0.471. The van der Waals surface area contributed by atoms with Crippen molar-refractivity contribution in [3.8, 4) is 0 Å². The van der Waals surface area contributed by atoms with Gasteiger partial charge in [-0.3, -0.25) is 0 Å². The number of hydrogen-bond donors (Lipinski definition) is 0. The summed E-state index contributed by atoms with van der Waals surface area (Å²) < 4.78 is 7.80. The molecule has 0 saturated carbocycles. The van der Waals surface area contributed by atoms with Gasteiger partial charge in [-0.05, 0) is 23.6 Å². The number of morpholine rings is 1. The summed E-state index contributed by atoms with van der Waals surface area (Å²) in [6.45, 7) is 8.73. The van der Waals surface area contributed by atoms with Crippen LogP contribution in [0.1, 0.15) is 37.6 Å². The van der Waals surface area contributed by atoms with Crippen molar-refractivity contribution in [1.82, 2.24) is 19.8 Å². The second kappa shape index (κ2) is 5.82. The maximum atomic E-state index is 5.93. The lowest BCUT2D eigenvalue weighted by Crippen LogP contribution is -2.38. The molecule has 1 saturated heterocycles. The largest absolute Gasteiger partial charge is 0.369 e. The molecule has 0 amide bonds. The summed E-state index contributed by atoms with van der Waals surface area (Å²) in [5.41, 5.74) is 0.682. The molecule has 1 aliphatic heterocycles. The van der Waals surface area contributed by atoms with E-state index in [0.717, 1.165) is 30.4 Å². The third kappa shape index (κ3) is 2.78. The van der Waals surface area contributed by atoms with Gasteiger partial charge in [-0.25, -0.2) is 0 Å². The molecule has 0 N–H and O–H groups in total. The van der Waals surface area contributed by atoms with Gasteiger partial charge in [-0.15, -0.1) is 26.6 Å². The van der Waals surface area contributed by atoms with Gasteiger partial charge in [0.2, 0.25) is 0 Å². The van der Waals surface area contributed by atoms with Crippen LogP contribution in [-0.4, -0.2) is 39.5 Å². The van der Waals surface area contributed by atoms with Crippen molar-refractivity contribution >= 4 is 22.8 Å². The zero-order chi connectivity index (χ0) is 16.7. The molecule has 0 spiro atoms. The van der Waals surface area contributed by atoms with Crippen molar-refractivity contribution in [1.29, 1.82) is 0 Å². The summed E-state index contributed by atoms with van der Waals surface area (Å²) in [6.07, 6.45) is 0.110. The Balaban J connectivity index is 1.66. The van der Waals surface area contributed by atoms with Crippen LogP contribution in [0.15, 0.2) is 29.6 Å². The highest BCUT2D eigenvalue weighted by Crippen LogP contribution is 2.28. The summed E-state index contributed by atoms with van der Waals surface area (Å²) in [6, 6.07) is 8.21. The van der Waals surface area contributed by atoms with Crippen molar-refractivity contribution < 1.29 is 4.74 Å². The minimum Gasteiger partial charge on any atom is -0.369 e. The van der Waals surface area contributed by atoms with E-state index in [1.807, 2.05) is 16.6 Å². The number of fused-ring (bicyclic) bond motifs is 1. The molecule has 3 aromatic rings. The maximum absolute atomic E-state index is 5.93. The van der Waals surface area contributed by atoms with E-state index in [1.165, 1.54) is 4.88 Å². The van der Waals surface area contributed by atoms with E-state index in [2.05, 4.69) is 53.4 Å². The van der Waals surface area contributed by atoms with Crippen LogP contribution in [-0.2, 0) is 10.2 Å². The monoisotopic (exact) mass is 343 g/mol. The van der Waals surface area contributed by atoms with Gasteiger partial charge < -0.3 is 9.64 Å². The third-order valence-electron chi connectivity index (χ3n) is 4.17. The lowest BCUT2D eigenvalue weighted by molar-refractivity contribution is 0.0418. The van der Waals surface area contributed by atoms with Gasteiger partial charge in [0, 0.05) is 16.8 Å². The summed E-state index contributed by atoms with van der Waals surface area (Å²) >= 11 is 1.74. The normalized spacial score (nSPS) is 19.1. The van der Waals surface area contributed by atoms with Crippen molar-refractivity contribution in [3.63, 3.8) is 0 Å². The Bertz CT molecular complexity index is 836. The summed E-state index contributed by atoms with van der Waals surface area (Å²) in [4.78, 5) is 3.54. The van der Waals surface area contributed by atoms with Gasteiger partial charge in [0.15, 0.2) is 11.5 Å². The molecule has 0 unspecified atom stereocenters. The van der Waals surface area contributed by atoms with Gasteiger partial charge in [-0.2, -0.15) is 4.52 Å². The Labute approximate surface area is 145 Å². The minimum absolute atomic E-state index is 0.102. The van der Waals surface area contributed by atoms with Crippen LogP contribution in [0, 0.1) is 0 Å². The number of ether oxygens (including phenoxy) is 1. The highest BCUT2D eigenvalue weighted by Gasteiger charge is 2.26. The van der Waals surface area contributed by atoms with Crippen LogP contribution in [0.3, 0.4) is 0 Å². The molecule has 4 rings (SSSR count). The number of anilines is 1. The highest BCUT2D eigenvalue weighted by molar-refractivity contribution is 7.10. The van der Waals surface area contributed by atoms with Gasteiger partial charge in [-0.1, -0.05) is 26.8 Å². The molecule has 126 valence electrons. The summed E-state index contributed by atoms with van der Waals surface area (Å²) in [7, 11) is 0. The molecule has 7 heteroatoms. The van der Waals surface area contributed by atoms with Crippen LogP contribution < -0.4 is 4.90 Å². The van der Waals surface area contributed by atoms with Crippen LogP contribution in [0.2, 0.25) is 0 Å². The molecular formula is C17H21N5OS. The lowest BCUT2D eigenvalue weighted by atomic mass is 9.96. The zero-order valence-electron chi connectivity index (χ0n) is 14.1.